The first-order chi connectivity index (χ1) is 15.9. The Hall–Kier alpha value is -4.21. The van der Waals surface area contributed by atoms with Crippen molar-refractivity contribution < 1.29 is 14.3 Å². The van der Waals surface area contributed by atoms with Crippen LogP contribution in [0.25, 0.3) is 0 Å². The number of rotatable bonds is 6. The summed E-state index contributed by atoms with van der Waals surface area (Å²) in [5, 5.41) is 14.7. The van der Waals surface area contributed by atoms with Gasteiger partial charge in [0.2, 0.25) is 0 Å². The van der Waals surface area contributed by atoms with E-state index >= 15 is 0 Å². The van der Waals surface area contributed by atoms with Gasteiger partial charge in [-0.25, -0.2) is 14.8 Å². The van der Waals surface area contributed by atoms with Crippen molar-refractivity contribution in [2.75, 3.05) is 19.0 Å². The van der Waals surface area contributed by atoms with Crippen LogP contribution in [0.4, 0.5) is 10.5 Å². The predicted octanol–water partition coefficient (Wildman–Crippen LogP) is 2.36. The molecule has 2 aliphatic rings. The number of ether oxygens (including phenoxy) is 1. The standard InChI is InChI=1S/C23H25N7O3/c1-14(2)25-22(31)17-6-4-5-7-19(17)26-23(32)28-20-13-30-21(27-20)9-8-18(29-30)15-10-16(33-3)12-24-11-15/h4-12,14,20H,13H2,1-3H3,(H,25,31)(H2,26,28,32). The lowest BCUT2D eigenvalue weighted by atomic mass is 10.1. The molecule has 1 aromatic carbocycles. The summed E-state index contributed by atoms with van der Waals surface area (Å²) in [6.07, 6.45) is 6.53. The van der Waals surface area contributed by atoms with Crippen LogP contribution in [-0.4, -0.2) is 59.3 Å². The lowest BCUT2D eigenvalue weighted by molar-refractivity contribution is 0.0944. The van der Waals surface area contributed by atoms with Gasteiger partial charge in [-0.1, -0.05) is 12.1 Å². The fourth-order valence-corrected chi connectivity index (χ4v) is 3.40. The van der Waals surface area contributed by atoms with Gasteiger partial charge in [-0.2, -0.15) is 5.10 Å². The van der Waals surface area contributed by atoms with Gasteiger partial charge in [-0.05, 0) is 44.2 Å². The SMILES string of the molecule is COc1cncc(C2=NN3CC(NC(=O)Nc4ccccc4C(=O)NC(C)C)N=C3C=C2)c1. The highest BCUT2D eigenvalue weighted by atomic mass is 16.5. The number of carbonyl (C=O) groups is 2. The Balaban J connectivity index is 1.40. The average Bonchev–Trinajstić information content (AvgIpc) is 3.20. The monoisotopic (exact) mass is 447 g/mol. The van der Waals surface area contributed by atoms with Crippen LogP contribution in [0, 0.1) is 0 Å². The molecule has 1 aromatic heterocycles. The minimum Gasteiger partial charge on any atom is -0.495 e. The molecule has 1 atom stereocenters. The molecule has 1 unspecified atom stereocenters. The molecule has 0 saturated heterocycles. The van der Waals surface area contributed by atoms with Crippen LogP contribution in [0.2, 0.25) is 0 Å². The highest BCUT2D eigenvalue weighted by Crippen LogP contribution is 2.19. The predicted molar refractivity (Wildman–Crippen MR) is 126 cm³/mol. The second kappa shape index (κ2) is 9.51. The van der Waals surface area contributed by atoms with Gasteiger partial charge in [0.1, 0.15) is 17.8 Å². The van der Waals surface area contributed by atoms with Gasteiger partial charge in [0, 0.05) is 17.8 Å². The number of anilines is 1. The van der Waals surface area contributed by atoms with E-state index in [-0.39, 0.29) is 11.9 Å². The second-order valence-electron chi connectivity index (χ2n) is 7.79. The number of allylic oxidation sites excluding steroid dienone is 1. The molecule has 3 N–H and O–H groups in total. The number of carbonyl (C=O) groups excluding carboxylic acids is 2. The normalized spacial score (nSPS) is 16.6. The van der Waals surface area contributed by atoms with E-state index in [2.05, 4.69) is 31.0 Å². The molecule has 10 nitrogen and oxygen atoms in total. The summed E-state index contributed by atoms with van der Waals surface area (Å²) in [5.41, 5.74) is 2.34. The molecule has 0 spiro atoms. The van der Waals surface area contributed by atoms with Crippen LogP contribution in [0.5, 0.6) is 5.75 Å². The maximum absolute atomic E-state index is 12.6. The number of amidine groups is 1. The van der Waals surface area contributed by atoms with Crippen LogP contribution >= 0.6 is 0 Å². The highest BCUT2D eigenvalue weighted by Gasteiger charge is 2.27. The second-order valence-corrected chi connectivity index (χ2v) is 7.79. The fourth-order valence-electron chi connectivity index (χ4n) is 3.40. The van der Waals surface area contributed by atoms with E-state index in [1.165, 1.54) is 0 Å². The number of benzene rings is 1. The number of para-hydroxylation sites is 1. The average molecular weight is 447 g/mol. The van der Waals surface area contributed by atoms with Crippen molar-refractivity contribution in [3.8, 4) is 5.75 Å². The molecule has 3 heterocycles. The number of nitrogens with one attached hydrogen (secondary N) is 3. The number of aliphatic imine (C=N–C) groups is 1. The van der Waals surface area contributed by atoms with E-state index in [4.69, 9.17) is 4.74 Å². The first-order valence-electron chi connectivity index (χ1n) is 10.5. The Kier molecular flexibility index (Phi) is 6.34. The molecule has 2 aromatic rings. The van der Waals surface area contributed by atoms with Crippen LogP contribution in [0.1, 0.15) is 29.8 Å². The number of methoxy groups -OCH3 is 1. The topological polar surface area (TPSA) is 120 Å². The summed E-state index contributed by atoms with van der Waals surface area (Å²) in [7, 11) is 1.58. The van der Waals surface area contributed by atoms with Crippen LogP contribution in [0.3, 0.4) is 0 Å². The summed E-state index contributed by atoms with van der Waals surface area (Å²) in [6, 6.07) is 8.23. The number of hydrogen-bond donors (Lipinski definition) is 3. The quantitative estimate of drug-likeness (QED) is 0.628. The van der Waals surface area contributed by atoms with Crippen molar-refractivity contribution in [2.45, 2.75) is 26.1 Å². The molecule has 0 aliphatic carbocycles. The van der Waals surface area contributed by atoms with Gasteiger partial charge in [0.25, 0.3) is 5.91 Å². The third-order valence-corrected chi connectivity index (χ3v) is 4.90. The minimum absolute atomic E-state index is 0.0163. The maximum atomic E-state index is 12.6. The van der Waals surface area contributed by atoms with Crippen LogP contribution in [-0.2, 0) is 0 Å². The van der Waals surface area contributed by atoms with E-state index in [0.717, 1.165) is 11.3 Å². The molecule has 0 radical (unpaired) electrons. The summed E-state index contributed by atoms with van der Waals surface area (Å²) < 4.78 is 5.23. The Labute approximate surface area is 191 Å². The lowest BCUT2D eigenvalue weighted by Gasteiger charge is -2.19. The molecular weight excluding hydrogens is 422 g/mol. The first kappa shape index (κ1) is 22.0. The number of hydrazone groups is 1. The van der Waals surface area contributed by atoms with Crippen LogP contribution in [0.15, 0.2) is 65.0 Å². The number of amides is 3. The lowest BCUT2D eigenvalue weighted by Crippen LogP contribution is -2.40. The van der Waals surface area contributed by atoms with Crippen molar-refractivity contribution >= 4 is 29.2 Å². The summed E-state index contributed by atoms with van der Waals surface area (Å²) in [5.74, 6) is 1.04. The zero-order valence-electron chi connectivity index (χ0n) is 18.6. The van der Waals surface area contributed by atoms with Crippen molar-refractivity contribution in [2.24, 2.45) is 10.1 Å². The molecular formula is C23H25N7O3. The van der Waals surface area contributed by atoms with E-state index < -0.39 is 12.2 Å². The Morgan fingerprint density at radius 3 is 2.79 bits per heavy atom. The summed E-state index contributed by atoms with van der Waals surface area (Å²) in [4.78, 5) is 33.7. The zero-order valence-corrected chi connectivity index (χ0v) is 18.6. The third kappa shape index (κ3) is 5.17. The molecule has 0 bridgehead atoms. The smallest absolute Gasteiger partial charge is 0.320 e. The molecule has 10 heteroatoms. The molecule has 3 amide bonds. The van der Waals surface area contributed by atoms with Crippen molar-refractivity contribution in [1.82, 2.24) is 20.6 Å². The van der Waals surface area contributed by atoms with Crippen LogP contribution < -0.4 is 20.7 Å². The molecule has 0 fully saturated rings. The van der Waals surface area contributed by atoms with Crippen molar-refractivity contribution in [3.63, 3.8) is 0 Å². The zero-order chi connectivity index (χ0) is 23.4. The number of pyridine rings is 1. The number of aromatic nitrogens is 1. The van der Waals surface area contributed by atoms with E-state index in [1.54, 1.807) is 48.8 Å². The van der Waals surface area contributed by atoms with E-state index in [0.29, 0.717) is 29.4 Å². The van der Waals surface area contributed by atoms with Gasteiger partial charge in [-0.3, -0.25) is 9.78 Å². The summed E-state index contributed by atoms with van der Waals surface area (Å²) in [6.45, 7) is 4.13. The Bertz CT molecular complexity index is 1160. The van der Waals surface area contributed by atoms with Gasteiger partial charge in [-0.15, -0.1) is 0 Å². The number of nitrogens with zero attached hydrogens (tertiary/aromatic N) is 4. The van der Waals surface area contributed by atoms with Crippen molar-refractivity contribution in [1.29, 1.82) is 0 Å². The largest absolute Gasteiger partial charge is 0.495 e. The third-order valence-electron chi connectivity index (χ3n) is 4.90. The van der Waals surface area contributed by atoms with Crippen molar-refractivity contribution in [3.05, 3.63) is 66.0 Å². The van der Waals surface area contributed by atoms with Gasteiger partial charge in [0.05, 0.1) is 36.8 Å². The maximum Gasteiger partial charge on any atom is 0.320 e. The molecule has 33 heavy (non-hydrogen) atoms. The van der Waals surface area contributed by atoms with E-state index in [1.807, 2.05) is 32.1 Å². The molecule has 0 saturated carbocycles. The van der Waals surface area contributed by atoms with Gasteiger partial charge in [0.15, 0.2) is 0 Å². The fraction of sp³-hybridized carbons (Fsp3) is 0.261. The molecule has 4 rings (SSSR count). The van der Waals surface area contributed by atoms with Gasteiger partial charge >= 0.3 is 6.03 Å². The summed E-state index contributed by atoms with van der Waals surface area (Å²) >= 11 is 0. The Morgan fingerprint density at radius 2 is 2.00 bits per heavy atom. The number of urea groups is 1. The Morgan fingerprint density at radius 1 is 1.18 bits per heavy atom. The number of hydrogen-bond acceptors (Lipinski definition) is 7. The number of fused-ring (bicyclic) bond motifs is 1. The van der Waals surface area contributed by atoms with E-state index in [9.17, 15) is 9.59 Å². The van der Waals surface area contributed by atoms with Gasteiger partial charge < -0.3 is 20.7 Å². The first-order valence-corrected chi connectivity index (χ1v) is 10.5. The minimum atomic E-state index is -0.493. The highest BCUT2D eigenvalue weighted by molar-refractivity contribution is 6.14. The molecule has 170 valence electrons. The molecule has 2 aliphatic heterocycles.